The summed E-state index contributed by atoms with van der Waals surface area (Å²) in [5.74, 6) is -0.581. The van der Waals surface area contributed by atoms with Crippen molar-refractivity contribution in [2.24, 2.45) is 0 Å². The third-order valence-electron chi connectivity index (χ3n) is 1.84. The summed E-state index contributed by atoms with van der Waals surface area (Å²) in [5, 5.41) is 8.74. The van der Waals surface area contributed by atoms with Crippen molar-refractivity contribution in [3.05, 3.63) is 24.0 Å². The summed E-state index contributed by atoms with van der Waals surface area (Å²) in [6.45, 7) is 4.86. The van der Waals surface area contributed by atoms with E-state index < -0.39 is 5.97 Å². The number of nitrogens with zero attached hydrogens (tertiary/aromatic N) is 1. The van der Waals surface area contributed by atoms with Crippen LogP contribution in [0.15, 0.2) is 18.3 Å². The number of hydrogen-bond donors (Lipinski definition) is 1. The standard InChI is InChI=1S/C11H15NO4/c1-3-15-7-8(2)16-9-4-5-12-10(6-9)11(13)14/h4-6,8H,3,7H2,1-2H3,(H,13,14). The van der Waals surface area contributed by atoms with E-state index >= 15 is 0 Å². The minimum absolute atomic E-state index is 0.0268. The van der Waals surface area contributed by atoms with Gasteiger partial charge in [0.05, 0.1) is 6.61 Å². The van der Waals surface area contributed by atoms with Crippen LogP contribution in [0.5, 0.6) is 5.75 Å². The maximum Gasteiger partial charge on any atom is 0.354 e. The zero-order chi connectivity index (χ0) is 12.0. The molecule has 0 fully saturated rings. The highest BCUT2D eigenvalue weighted by Crippen LogP contribution is 2.13. The molecule has 5 nitrogen and oxygen atoms in total. The molecule has 1 N–H and O–H groups in total. The quantitative estimate of drug-likeness (QED) is 0.796. The minimum Gasteiger partial charge on any atom is -0.488 e. The Labute approximate surface area is 94.0 Å². The lowest BCUT2D eigenvalue weighted by molar-refractivity contribution is 0.0646. The van der Waals surface area contributed by atoms with Gasteiger partial charge in [-0.15, -0.1) is 0 Å². The highest BCUT2D eigenvalue weighted by atomic mass is 16.5. The van der Waals surface area contributed by atoms with E-state index in [1.165, 1.54) is 12.3 Å². The lowest BCUT2D eigenvalue weighted by Gasteiger charge is -2.14. The van der Waals surface area contributed by atoms with E-state index in [2.05, 4.69) is 4.98 Å². The summed E-state index contributed by atoms with van der Waals surface area (Å²) in [6, 6.07) is 3.01. The molecule has 0 amide bonds. The molecule has 5 heteroatoms. The third kappa shape index (κ3) is 3.86. The maximum atomic E-state index is 10.7. The Hall–Kier alpha value is -1.62. The predicted octanol–water partition coefficient (Wildman–Crippen LogP) is 1.58. The van der Waals surface area contributed by atoms with E-state index in [-0.39, 0.29) is 11.8 Å². The van der Waals surface area contributed by atoms with E-state index in [0.717, 1.165) is 0 Å². The van der Waals surface area contributed by atoms with Gasteiger partial charge in [-0.25, -0.2) is 9.78 Å². The number of pyridine rings is 1. The molecule has 0 aliphatic carbocycles. The van der Waals surface area contributed by atoms with Crippen molar-refractivity contribution in [1.29, 1.82) is 0 Å². The van der Waals surface area contributed by atoms with Gasteiger partial charge < -0.3 is 14.6 Å². The fourth-order valence-electron chi connectivity index (χ4n) is 1.15. The summed E-state index contributed by atoms with van der Waals surface area (Å²) in [4.78, 5) is 14.4. The van der Waals surface area contributed by atoms with Crippen LogP contribution in [0.4, 0.5) is 0 Å². The number of hydrogen-bond acceptors (Lipinski definition) is 4. The molecule has 0 saturated carbocycles. The van der Waals surface area contributed by atoms with Crippen LogP contribution in [-0.4, -0.2) is 35.4 Å². The van der Waals surface area contributed by atoms with Crippen molar-refractivity contribution in [2.45, 2.75) is 20.0 Å². The molecule has 1 heterocycles. The lowest BCUT2D eigenvalue weighted by atomic mass is 10.3. The Morgan fingerprint density at radius 1 is 1.62 bits per heavy atom. The second-order valence-electron chi connectivity index (χ2n) is 3.27. The van der Waals surface area contributed by atoms with Gasteiger partial charge in [0.15, 0.2) is 5.69 Å². The first kappa shape index (κ1) is 12.4. The highest BCUT2D eigenvalue weighted by Gasteiger charge is 2.08. The van der Waals surface area contributed by atoms with Crippen molar-refractivity contribution in [3.63, 3.8) is 0 Å². The molecular weight excluding hydrogens is 210 g/mol. The molecule has 1 aromatic rings. The second kappa shape index (κ2) is 6.07. The highest BCUT2D eigenvalue weighted by molar-refractivity contribution is 5.85. The number of carbonyl (C=O) groups is 1. The Bertz CT molecular complexity index is 354. The van der Waals surface area contributed by atoms with Crippen LogP contribution in [0, 0.1) is 0 Å². The van der Waals surface area contributed by atoms with Crippen LogP contribution in [-0.2, 0) is 4.74 Å². The van der Waals surface area contributed by atoms with Gasteiger partial charge in [-0.3, -0.25) is 0 Å². The Kier molecular flexibility index (Phi) is 4.72. The first-order valence-electron chi connectivity index (χ1n) is 5.07. The van der Waals surface area contributed by atoms with Crippen molar-refractivity contribution in [2.75, 3.05) is 13.2 Å². The number of rotatable bonds is 6. The maximum absolute atomic E-state index is 10.7. The molecule has 0 radical (unpaired) electrons. The zero-order valence-corrected chi connectivity index (χ0v) is 9.34. The van der Waals surface area contributed by atoms with Gasteiger partial charge in [0.25, 0.3) is 0 Å². The summed E-state index contributed by atoms with van der Waals surface area (Å²) in [7, 11) is 0. The van der Waals surface area contributed by atoms with Gasteiger partial charge in [0.1, 0.15) is 11.9 Å². The van der Waals surface area contributed by atoms with E-state index in [1.54, 1.807) is 6.07 Å². The van der Waals surface area contributed by atoms with E-state index in [9.17, 15) is 4.79 Å². The monoisotopic (exact) mass is 225 g/mol. The molecule has 1 rings (SSSR count). The van der Waals surface area contributed by atoms with Gasteiger partial charge >= 0.3 is 5.97 Å². The molecule has 0 aliphatic rings. The van der Waals surface area contributed by atoms with Gasteiger partial charge in [-0.05, 0) is 19.9 Å². The Morgan fingerprint density at radius 2 is 2.38 bits per heavy atom. The van der Waals surface area contributed by atoms with E-state index in [1.807, 2.05) is 13.8 Å². The van der Waals surface area contributed by atoms with Crippen LogP contribution in [0.1, 0.15) is 24.3 Å². The van der Waals surface area contributed by atoms with Crippen LogP contribution < -0.4 is 4.74 Å². The normalized spacial score (nSPS) is 12.1. The first-order valence-corrected chi connectivity index (χ1v) is 5.07. The molecule has 0 bridgehead atoms. The number of aromatic carboxylic acids is 1. The third-order valence-corrected chi connectivity index (χ3v) is 1.84. The smallest absolute Gasteiger partial charge is 0.354 e. The number of carboxylic acid groups (broad SMARTS) is 1. The van der Waals surface area contributed by atoms with Crippen LogP contribution in [0.25, 0.3) is 0 Å². The Balaban J connectivity index is 2.59. The summed E-state index contributed by atoms with van der Waals surface area (Å²) < 4.78 is 10.7. The molecule has 0 spiro atoms. The van der Waals surface area contributed by atoms with Gasteiger partial charge in [0.2, 0.25) is 0 Å². The first-order chi connectivity index (χ1) is 7.63. The largest absolute Gasteiger partial charge is 0.488 e. The summed E-state index contributed by atoms with van der Waals surface area (Å²) >= 11 is 0. The number of ether oxygens (including phenoxy) is 2. The number of carboxylic acids is 1. The fraction of sp³-hybridized carbons (Fsp3) is 0.455. The van der Waals surface area contributed by atoms with E-state index in [4.69, 9.17) is 14.6 Å². The molecule has 16 heavy (non-hydrogen) atoms. The fourth-order valence-corrected chi connectivity index (χ4v) is 1.15. The number of aromatic nitrogens is 1. The van der Waals surface area contributed by atoms with Crippen LogP contribution in [0.2, 0.25) is 0 Å². The molecule has 1 aromatic heterocycles. The van der Waals surface area contributed by atoms with Crippen LogP contribution in [0.3, 0.4) is 0 Å². The zero-order valence-electron chi connectivity index (χ0n) is 9.34. The summed E-state index contributed by atoms with van der Waals surface area (Å²) in [6.07, 6.45) is 1.29. The predicted molar refractivity (Wildman–Crippen MR) is 57.8 cm³/mol. The molecule has 1 unspecified atom stereocenters. The molecule has 0 aliphatic heterocycles. The topological polar surface area (TPSA) is 68.7 Å². The van der Waals surface area contributed by atoms with Crippen LogP contribution >= 0.6 is 0 Å². The van der Waals surface area contributed by atoms with Gasteiger partial charge in [-0.1, -0.05) is 0 Å². The molecule has 1 atom stereocenters. The molecule has 0 saturated heterocycles. The molecule has 88 valence electrons. The summed E-state index contributed by atoms with van der Waals surface area (Å²) in [5.41, 5.74) is -0.0268. The van der Waals surface area contributed by atoms with Gasteiger partial charge in [0, 0.05) is 18.9 Å². The SMILES string of the molecule is CCOCC(C)Oc1ccnc(C(=O)O)c1. The second-order valence-corrected chi connectivity index (χ2v) is 3.27. The molecular formula is C11H15NO4. The van der Waals surface area contributed by atoms with Crippen molar-refractivity contribution in [3.8, 4) is 5.75 Å². The van der Waals surface area contributed by atoms with E-state index in [0.29, 0.717) is 19.0 Å². The Morgan fingerprint density at radius 3 is 3.00 bits per heavy atom. The average Bonchev–Trinajstić information content (AvgIpc) is 2.26. The average molecular weight is 225 g/mol. The van der Waals surface area contributed by atoms with Crippen molar-refractivity contribution < 1.29 is 19.4 Å². The molecule has 0 aromatic carbocycles. The van der Waals surface area contributed by atoms with Crippen molar-refractivity contribution in [1.82, 2.24) is 4.98 Å². The van der Waals surface area contributed by atoms with Crippen molar-refractivity contribution >= 4 is 5.97 Å². The minimum atomic E-state index is -1.07. The lowest BCUT2D eigenvalue weighted by Crippen LogP contribution is -2.19. The van der Waals surface area contributed by atoms with Gasteiger partial charge in [-0.2, -0.15) is 0 Å².